The zero-order chi connectivity index (χ0) is 15.4. The summed E-state index contributed by atoms with van der Waals surface area (Å²) >= 11 is 1.29. The van der Waals surface area contributed by atoms with Crippen LogP contribution in [0.4, 0.5) is 10.8 Å². The molecule has 21 heavy (non-hydrogen) atoms. The first-order valence-corrected chi connectivity index (χ1v) is 7.65. The van der Waals surface area contributed by atoms with Gasteiger partial charge in [0.1, 0.15) is 5.69 Å². The topological polar surface area (TPSA) is 62.5 Å². The Kier molecular flexibility index (Phi) is 4.80. The summed E-state index contributed by atoms with van der Waals surface area (Å²) < 4.78 is 0. The molecule has 1 aromatic carbocycles. The molecule has 0 saturated carbocycles. The zero-order valence-electron chi connectivity index (χ0n) is 12.5. The van der Waals surface area contributed by atoms with Crippen LogP contribution in [0.25, 0.3) is 0 Å². The second kappa shape index (κ2) is 6.58. The normalized spacial score (nSPS) is 10.4. The van der Waals surface area contributed by atoms with E-state index in [0.717, 1.165) is 11.3 Å². The molecule has 0 unspecified atom stereocenters. The second-order valence-corrected chi connectivity index (χ2v) is 5.84. The lowest BCUT2D eigenvalue weighted by molar-refractivity contribution is 0.0747. The van der Waals surface area contributed by atoms with E-state index in [0.29, 0.717) is 23.9 Å². The monoisotopic (exact) mass is 304 g/mol. The molecule has 0 saturated heterocycles. The molecular formula is C15H20N4OS. The third kappa shape index (κ3) is 3.72. The van der Waals surface area contributed by atoms with E-state index in [1.165, 1.54) is 11.3 Å². The van der Waals surface area contributed by atoms with Crippen molar-refractivity contribution in [3.8, 4) is 0 Å². The van der Waals surface area contributed by atoms with E-state index in [4.69, 9.17) is 5.73 Å². The Morgan fingerprint density at radius 1 is 1.29 bits per heavy atom. The van der Waals surface area contributed by atoms with E-state index >= 15 is 0 Å². The molecule has 0 atom stereocenters. The van der Waals surface area contributed by atoms with Gasteiger partial charge < -0.3 is 15.5 Å². The van der Waals surface area contributed by atoms with Gasteiger partial charge in [-0.1, -0.05) is 12.1 Å². The van der Waals surface area contributed by atoms with Crippen molar-refractivity contribution in [3.63, 3.8) is 0 Å². The highest BCUT2D eigenvalue weighted by atomic mass is 32.1. The molecule has 2 rings (SSSR count). The van der Waals surface area contributed by atoms with Crippen molar-refractivity contribution in [2.45, 2.75) is 13.5 Å². The summed E-state index contributed by atoms with van der Waals surface area (Å²) in [5.74, 6) is -0.0814. The fraction of sp³-hybridized carbons (Fsp3) is 0.333. The Morgan fingerprint density at radius 2 is 1.95 bits per heavy atom. The smallest absolute Gasteiger partial charge is 0.273 e. The number of nitrogens with zero attached hydrogens (tertiary/aromatic N) is 3. The summed E-state index contributed by atoms with van der Waals surface area (Å²) in [6.07, 6.45) is 0. The molecule has 0 aliphatic rings. The highest BCUT2D eigenvalue weighted by Gasteiger charge is 2.17. The average molecular weight is 304 g/mol. The summed E-state index contributed by atoms with van der Waals surface area (Å²) in [7, 11) is 4.01. The van der Waals surface area contributed by atoms with Gasteiger partial charge in [-0.25, -0.2) is 4.98 Å². The van der Waals surface area contributed by atoms with Crippen molar-refractivity contribution in [2.75, 3.05) is 31.3 Å². The van der Waals surface area contributed by atoms with Gasteiger partial charge in [-0.2, -0.15) is 0 Å². The number of thiazole rings is 1. The van der Waals surface area contributed by atoms with Crippen LogP contribution in [0.3, 0.4) is 0 Å². The number of carbonyl (C=O) groups excluding carboxylic acids is 1. The number of nitrogen functional groups attached to an aromatic ring is 1. The Balaban J connectivity index is 2.10. The second-order valence-electron chi connectivity index (χ2n) is 4.95. The molecule has 112 valence electrons. The molecule has 2 aromatic rings. The number of amides is 1. The van der Waals surface area contributed by atoms with Crippen molar-refractivity contribution in [1.82, 2.24) is 9.88 Å². The average Bonchev–Trinajstić information content (AvgIpc) is 2.91. The van der Waals surface area contributed by atoms with Crippen molar-refractivity contribution in [2.24, 2.45) is 0 Å². The standard InChI is InChI=1S/C15H20N4OS/c1-4-19(14(20)13-10-21-15(16)17-13)9-11-5-7-12(8-6-11)18(2)3/h5-8,10H,4,9H2,1-3H3,(H2,16,17). The van der Waals surface area contributed by atoms with E-state index in [-0.39, 0.29) is 5.91 Å². The molecule has 1 heterocycles. The third-order valence-corrected chi connectivity index (χ3v) is 3.91. The van der Waals surface area contributed by atoms with Crippen molar-refractivity contribution >= 4 is 28.1 Å². The molecule has 5 nitrogen and oxygen atoms in total. The lowest BCUT2D eigenvalue weighted by Crippen LogP contribution is -2.30. The highest BCUT2D eigenvalue weighted by molar-refractivity contribution is 7.13. The van der Waals surface area contributed by atoms with E-state index in [1.54, 1.807) is 10.3 Å². The minimum Gasteiger partial charge on any atom is -0.378 e. The van der Waals surface area contributed by atoms with Crippen LogP contribution >= 0.6 is 11.3 Å². The number of aromatic nitrogens is 1. The molecule has 0 radical (unpaired) electrons. The molecule has 2 N–H and O–H groups in total. The lowest BCUT2D eigenvalue weighted by Gasteiger charge is -2.20. The molecular weight excluding hydrogens is 284 g/mol. The third-order valence-electron chi connectivity index (χ3n) is 3.24. The minimum atomic E-state index is -0.0814. The van der Waals surface area contributed by atoms with Crippen LogP contribution in [-0.2, 0) is 6.54 Å². The number of rotatable bonds is 5. The van der Waals surface area contributed by atoms with Gasteiger partial charge in [0.2, 0.25) is 0 Å². The molecule has 0 fully saturated rings. The quantitative estimate of drug-likeness (QED) is 0.921. The number of hydrogen-bond donors (Lipinski definition) is 1. The van der Waals surface area contributed by atoms with Crippen LogP contribution in [0.1, 0.15) is 23.0 Å². The van der Waals surface area contributed by atoms with Gasteiger partial charge in [-0.15, -0.1) is 11.3 Å². The largest absolute Gasteiger partial charge is 0.378 e. The number of benzene rings is 1. The van der Waals surface area contributed by atoms with Gasteiger partial charge >= 0.3 is 0 Å². The first kappa shape index (κ1) is 15.3. The maximum Gasteiger partial charge on any atom is 0.273 e. The van der Waals surface area contributed by atoms with Gasteiger partial charge in [0.05, 0.1) is 0 Å². The van der Waals surface area contributed by atoms with Crippen molar-refractivity contribution in [3.05, 3.63) is 40.9 Å². The Hall–Kier alpha value is -2.08. The SMILES string of the molecule is CCN(Cc1ccc(N(C)C)cc1)C(=O)c1csc(N)n1. The lowest BCUT2D eigenvalue weighted by atomic mass is 10.2. The molecule has 0 aliphatic heterocycles. The summed E-state index contributed by atoms with van der Waals surface area (Å²) in [6.45, 7) is 3.16. The van der Waals surface area contributed by atoms with E-state index in [1.807, 2.05) is 38.1 Å². The predicted molar refractivity (Wildman–Crippen MR) is 87.7 cm³/mol. The number of hydrogen-bond acceptors (Lipinski definition) is 5. The van der Waals surface area contributed by atoms with Crippen LogP contribution in [0, 0.1) is 0 Å². The van der Waals surface area contributed by atoms with Crippen LogP contribution in [0.5, 0.6) is 0 Å². The number of nitrogens with two attached hydrogens (primary N) is 1. The van der Waals surface area contributed by atoms with Crippen molar-refractivity contribution in [1.29, 1.82) is 0 Å². The zero-order valence-corrected chi connectivity index (χ0v) is 13.4. The Morgan fingerprint density at radius 3 is 2.43 bits per heavy atom. The predicted octanol–water partition coefficient (Wildman–Crippen LogP) is 2.45. The Bertz CT molecular complexity index is 606. The van der Waals surface area contributed by atoms with Crippen LogP contribution in [-0.4, -0.2) is 36.4 Å². The first-order valence-electron chi connectivity index (χ1n) is 6.77. The summed E-state index contributed by atoms with van der Waals surface area (Å²) in [5, 5.41) is 2.12. The van der Waals surface area contributed by atoms with Gasteiger partial charge in [0.25, 0.3) is 5.91 Å². The molecule has 0 spiro atoms. The molecule has 0 bridgehead atoms. The number of carbonyl (C=O) groups is 1. The Labute approximate surface area is 129 Å². The maximum absolute atomic E-state index is 12.4. The fourth-order valence-electron chi connectivity index (χ4n) is 1.99. The van der Waals surface area contributed by atoms with Crippen molar-refractivity contribution < 1.29 is 4.79 Å². The first-order chi connectivity index (χ1) is 10.0. The summed E-state index contributed by atoms with van der Waals surface area (Å²) in [5.41, 5.74) is 8.24. The van der Waals surface area contributed by atoms with E-state index in [9.17, 15) is 4.79 Å². The number of anilines is 2. The van der Waals surface area contributed by atoms with Gasteiger partial charge in [0, 0.05) is 38.3 Å². The van der Waals surface area contributed by atoms with E-state index < -0.39 is 0 Å². The summed E-state index contributed by atoms with van der Waals surface area (Å²) in [6, 6.07) is 8.18. The molecule has 6 heteroatoms. The fourth-order valence-corrected chi connectivity index (χ4v) is 2.53. The van der Waals surface area contributed by atoms with E-state index in [2.05, 4.69) is 17.1 Å². The molecule has 0 aliphatic carbocycles. The highest BCUT2D eigenvalue weighted by Crippen LogP contribution is 2.17. The van der Waals surface area contributed by atoms with Gasteiger partial charge in [0.15, 0.2) is 5.13 Å². The molecule has 1 aromatic heterocycles. The summed E-state index contributed by atoms with van der Waals surface area (Å²) in [4.78, 5) is 20.2. The van der Waals surface area contributed by atoms with Gasteiger partial charge in [-0.3, -0.25) is 4.79 Å². The van der Waals surface area contributed by atoms with Crippen LogP contribution in [0.15, 0.2) is 29.6 Å². The minimum absolute atomic E-state index is 0.0814. The van der Waals surface area contributed by atoms with Crippen LogP contribution < -0.4 is 10.6 Å². The van der Waals surface area contributed by atoms with Crippen LogP contribution in [0.2, 0.25) is 0 Å². The molecule has 1 amide bonds. The maximum atomic E-state index is 12.4. The van der Waals surface area contributed by atoms with Gasteiger partial charge in [-0.05, 0) is 24.6 Å².